The number of rotatable bonds is 6. The maximum Gasteiger partial charge on any atom is 0.323 e. The Hall–Kier alpha value is -1.38. The molecular formula is C11H13N3O3S2. The Balaban J connectivity index is 1.83. The zero-order chi connectivity index (χ0) is 13.7. The van der Waals surface area contributed by atoms with Gasteiger partial charge in [0.1, 0.15) is 6.04 Å². The number of thiophene rings is 1. The van der Waals surface area contributed by atoms with Gasteiger partial charge in [-0.25, -0.2) is 0 Å². The fourth-order valence-corrected chi connectivity index (χ4v) is 2.75. The molecule has 19 heavy (non-hydrogen) atoms. The highest BCUT2D eigenvalue weighted by Gasteiger charge is 2.14. The van der Waals surface area contributed by atoms with Gasteiger partial charge in [-0.2, -0.15) is 28.1 Å². The Labute approximate surface area is 118 Å². The molecule has 0 aliphatic heterocycles. The van der Waals surface area contributed by atoms with Crippen molar-refractivity contribution in [3.63, 3.8) is 0 Å². The fraction of sp³-hybridized carbons (Fsp3) is 0.364. The molecule has 2 rings (SSSR count). The van der Waals surface area contributed by atoms with E-state index in [-0.39, 0.29) is 0 Å². The second-order valence-corrected chi connectivity index (χ2v) is 5.48. The lowest BCUT2D eigenvalue weighted by molar-refractivity contribution is -0.141. The van der Waals surface area contributed by atoms with Crippen molar-refractivity contribution >= 4 is 29.1 Å². The third kappa shape index (κ3) is 3.79. The smallest absolute Gasteiger partial charge is 0.323 e. The summed E-state index contributed by atoms with van der Waals surface area (Å²) >= 11 is 3.03. The molecule has 0 aliphatic rings. The summed E-state index contributed by atoms with van der Waals surface area (Å²) < 4.78 is 9.69. The summed E-state index contributed by atoms with van der Waals surface area (Å²) in [5, 5.41) is 7.76. The normalized spacial score (nSPS) is 12.3. The Kier molecular flexibility index (Phi) is 4.94. The molecule has 102 valence electrons. The number of aromatic nitrogens is 2. The molecule has 1 atom stereocenters. The van der Waals surface area contributed by atoms with Crippen LogP contribution in [-0.4, -0.2) is 35.0 Å². The first-order chi connectivity index (χ1) is 9.20. The Morgan fingerprint density at radius 1 is 1.68 bits per heavy atom. The fourth-order valence-electron chi connectivity index (χ4n) is 1.31. The number of carbonyl (C=O) groups is 1. The number of nitrogens with zero attached hydrogens (tertiary/aromatic N) is 2. The van der Waals surface area contributed by atoms with Crippen molar-refractivity contribution in [2.24, 2.45) is 5.73 Å². The number of hydrogen-bond acceptors (Lipinski definition) is 8. The maximum absolute atomic E-state index is 11.1. The molecule has 6 nitrogen and oxygen atoms in total. The molecule has 0 saturated heterocycles. The lowest BCUT2D eigenvalue weighted by atomic mass is 10.3. The number of hydrogen-bond donors (Lipinski definition) is 1. The molecular weight excluding hydrogens is 286 g/mol. The van der Waals surface area contributed by atoms with E-state index >= 15 is 0 Å². The largest absolute Gasteiger partial charge is 0.468 e. The van der Waals surface area contributed by atoms with Crippen molar-refractivity contribution in [2.45, 2.75) is 11.8 Å². The van der Waals surface area contributed by atoms with Gasteiger partial charge in [0, 0.05) is 11.1 Å². The van der Waals surface area contributed by atoms with Crippen LogP contribution in [0.15, 0.2) is 21.3 Å². The average molecular weight is 299 g/mol. The number of ether oxygens (including phenoxy) is 1. The van der Waals surface area contributed by atoms with Crippen LogP contribution in [-0.2, 0) is 15.3 Å². The van der Waals surface area contributed by atoms with Crippen molar-refractivity contribution in [3.05, 3.63) is 22.7 Å². The van der Waals surface area contributed by atoms with Gasteiger partial charge in [0.05, 0.1) is 18.4 Å². The van der Waals surface area contributed by atoms with Gasteiger partial charge in [-0.3, -0.25) is 4.79 Å². The van der Waals surface area contributed by atoms with Gasteiger partial charge in [0.25, 0.3) is 5.89 Å². The zero-order valence-corrected chi connectivity index (χ0v) is 11.9. The molecule has 0 aromatic carbocycles. The van der Waals surface area contributed by atoms with Gasteiger partial charge in [-0.05, 0) is 11.4 Å². The highest BCUT2D eigenvalue weighted by atomic mass is 32.2. The minimum absolute atomic E-state index is 0.417. The zero-order valence-electron chi connectivity index (χ0n) is 10.2. The van der Waals surface area contributed by atoms with Crippen molar-refractivity contribution in [1.82, 2.24) is 10.1 Å². The van der Waals surface area contributed by atoms with E-state index in [2.05, 4.69) is 14.9 Å². The van der Waals surface area contributed by atoms with Crippen LogP contribution in [0.4, 0.5) is 0 Å². The Morgan fingerprint density at radius 2 is 2.53 bits per heavy atom. The number of nitrogens with two attached hydrogens (primary N) is 1. The highest BCUT2D eigenvalue weighted by molar-refractivity contribution is 7.98. The molecule has 2 aromatic heterocycles. The first-order valence-electron chi connectivity index (χ1n) is 5.47. The molecule has 2 aromatic rings. The molecule has 0 aliphatic carbocycles. The topological polar surface area (TPSA) is 91.2 Å². The van der Waals surface area contributed by atoms with E-state index in [1.807, 2.05) is 16.8 Å². The molecule has 0 bridgehead atoms. The second kappa shape index (κ2) is 6.69. The minimum atomic E-state index is -0.627. The Morgan fingerprint density at radius 3 is 3.21 bits per heavy atom. The van der Waals surface area contributed by atoms with Crippen molar-refractivity contribution in [1.29, 1.82) is 0 Å². The quantitative estimate of drug-likeness (QED) is 0.809. The van der Waals surface area contributed by atoms with E-state index in [0.717, 1.165) is 5.56 Å². The molecule has 0 spiro atoms. The van der Waals surface area contributed by atoms with Crippen molar-refractivity contribution in [3.8, 4) is 11.5 Å². The van der Waals surface area contributed by atoms with E-state index < -0.39 is 12.0 Å². The van der Waals surface area contributed by atoms with E-state index in [0.29, 0.717) is 23.2 Å². The predicted octanol–water partition coefficient (Wildman–Crippen LogP) is 1.53. The predicted molar refractivity (Wildman–Crippen MR) is 73.8 cm³/mol. The maximum atomic E-state index is 11.1. The number of thioether (sulfide) groups is 1. The standard InChI is InChI=1S/C11H13N3O3S2/c1-16-11(15)8(12)5-19-6-9-13-10(17-14-9)7-2-3-18-4-7/h2-4,8H,5-6,12H2,1H3. The lowest BCUT2D eigenvalue weighted by Gasteiger charge is -2.06. The molecule has 2 N–H and O–H groups in total. The molecule has 0 fully saturated rings. The lowest BCUT2D eigenvalue weighted by Crippen LogP contribution is -2.33. The van der Waals surface area contributed by atoms with Crippen LogP contribution < -0.4 is 5.73 Å². The van der Waals surface area contributed by atoms with E-state index in [1.54, 1.807) is 11.3 Å². The Bertz CT molecular complexity index is 527. The van der Waals surface area contributed by atoms with Crippen LogP contribution in [0.3, 0.4) is 0 Å². The summed E-state index contributed by atoms with van der Waals surface area (Å²) in [5.74, 6) is 1.67. The highest BCUT2D eigenvalue weighted by Crippen LogP contribution is 2.21. The third-order valence-electron chi connectivity index (χ3n) is 2.27. The number of carbonyl (C=O) groups excluding carboxylic acids is 1. The van der Waals surface area contributed by atoms with Crippen LogP contribution in [0.25, 0.3) is 11.5 Å². The third-order valence-corrected chi connectivity index (χ3v) is 4.01. The van der Waals surface area contributed by atoms with E-state index in [4.69, 9.17) is 10.3 Å². The van der Waals surface area contributed by atoms with Crippen molar-refractivity contribution < 1.29 is 14.1 Å². The monoisotopic (exact) mass is 299 g/mol. The second-order valence-electron chi connectivity index (χ2n) is 3.67. The summed E-state index contributed by atoms with van der Waals surface area (Å²) in [4.78, 5) is 15.4. The molecule has 0 saturated carbocycles. The van der Waals surface area contributed by atoms with Gasteiger partial charge < -0.3 is 15.0 Å². The molecule has 1 unspecified atom stereocenters. The van der Waals surface area contributed by atoms with Crippen LogP contribution in [0.2, 0.25) is 0 Å². The summed E-state index contributed by atoms with van der Waals surface area (Å²) in [7, 11) is 1.32. The summed E-state index contributed by atoms with van der Waals surface area (Å²) in [6.45, 7) is 0. The van der Waals surface area contributed by atoms with Crippen LogP contribution in [0.5, 0.6) is 0 Å². The number of methoxy groups -OCH3 is 1. The van der Waals surface area contributed by atoms with E-state index in [9.17, 15) is 4.79 Å². The molecule has 0 amide bonds. The van der Waals surface area contributed by atoms with Gasteiger partial charge in [0.2, 0.25) is 0 Å². The van der Waals surface area contributed by atoms with Gasteiger partial charge >= 0.3 is 5.97 Å². The van der Waals surface area contributed by atoms with Crippen LogP contribution >= 0.6 is 23.1 Å². The summed E-state index contributed by atoms with van der Waals surface area (Å²) in [6, 6.07) is 1.29. The first kappa shape index (κ1) is 14.0. The van der Waals surface area contributed by atoms with Crippen molar-refractivity contribution in [2.75, 3.05) is 12.9 Å². The number of esters is 1. The van der Waals surface area contributed by atoms with E-state index in [1.165, 1.54) is 18.9 Å². The summed E-state index contributed by atoms with van der Waals surface area (Å²) in [5.41, 5.74) is 6.53. The van der Waals surface area contributed by atoms with Crippen LogP contribution in [0.1, 0.15) is 5.82 Å². The SMILES string of the molecule is COC(=O)C(N)CSCc1noc(-c2ccsc2)n1. The minimum Gasteiger partial charge on any atom is -0.468 e. The molecule has 8 heteroatoms. The molecule has 0 radical (unpaired) electrons. The average Bonchev–Trinajstić information content (AvgIpc) is 3.07. The van der Waals surface area contributed by atoms with Gasteiger partial charge in [-0.15, -0.1) is 0 Å². The van der Waals surface area contributed by atoms with Gasteiger partial charge in [0.15, 0.2) is 5.82 Å². The van der Waals surface area contributed by atoms with Gasteiger partial charge in [-0.1, -0.05) is 5.16 Å². The summed E-state index contributed by atoms with van der Waals surface area (Å²) in [6.07, 6.45) is 0. The molecule has 2 heterocycles. The van der Waals surface area contributed by atoms with Crippen LogP contribution in [0, 0.1) is 0 Å². The first-order valence-corrected chi connectivity index (χ1v) is 7.56.